The molecule has 0 aromatic rings. The zero-order chi connectivity index (χ0) is 0. The van der Waals surface area contributed by atoms with Gasteiger partial charge in [0.1, 0.15) is 0 Å². The van der Waals surface area contributed by atoms with Gasteiger partial charge in [0, 0.05) is 0 Å². The normalized spacial score (nSPS) is 0. The van der Waals surface area contributed by atoms with Crippen LogP contribution in [-0.2, 0) is 17.4 Å². The minimum Gasteiger partial charge on any atom is -1.00 e. The predicted octanol–water partition coefficient (Wildman–Crippen LogP) is -12.5. The maximum absolute atomic E-state index is 0. The molecule has 0 aliphatic rings. The fourth-order valence-electron chi connectivity index (χ4n) is 0. The SMILES string of the molecule is [Cl-].[Cl-].[Cl-].[Cl-].[ClH2+].[Cr+3]. The first kappa shape index (κ1) is 99.0. The summed E-state index contributed by atoms with van der Waals surface area (Å²) < 4.78 is 0. The van der Waals surface area contributed by atoms with Gasteiger partial charge in [-0.25, -0.2) is 0 Å². The van der Waals surface area contributed by atoms with Gasteiger partial charge in [-0.15, -0.1) is 0 Å². The van der Waals surface area contributed by atoms with Crippen LogP contribution in [0.2, 0.25) is 0 Å². The van der Waals surface area contributed by atoms with Crippen LogP contribution in [0.3, 0.4) is 0 Å². The van der Waals surface area contributed by atoms with Crippen molar-refractivity contribution < 1.29 is 79.4 Å². The molecule has 1 radical (unpaired) electrons. The molecule has 6 heteroatoms. The van der Waals surface area contributed by atoms with Crippen LogP contribution in [0.5, 0.6) is 0 Å². The van der Waals surface area contributed by atoms with Gasteiger partial charge in [-0.05, 0) is 0 Å². The zero-order valence-corrected chi connectivity index (χ0v) is 7.56. The van der Waals surface area contributed by atoms with Crippen molar-refractivity contribution in [2.24, 2.45) is 0 Å². The Balaban J connectivity index is 0. The second kappa shape index (κ2) is 63.6. The van der Waals surface area contributed by atoms with Gasteiger partial charge in [0.25, 0.3) is 0 Å². The van der Waals surface area contributed by atoms with Gasteiger partial charge in [0.05, 0.1) is 12.4 Å². The van der Waals surface area contributed by atoms with Crippen LogP contribution in [0.15, 0.2) is 0 Å². The molecule has 6 heavy (non-hydrogen) atoms. The van der Waals surface area contributed by atoms with Gasteiger partial charge >= 0.3 is 17.4 Å². The second-order valence-electron chi connectivity index (χ2n) is 0. The molecule has 0 saturated carbocycles. The third kappa shape index (κ3) is 37.8. The topological polar surface area (TPSA) is 0 Å². The third-order valence-electron chi connectivity index (χ3n) is 0. The van der Waals surface area contributed by atoms with E-state index in [9.17, 15) is 0 Å². The first-order valence-electron chi connectivity index (χ1n) is 0. The Hall–Kier alpha value is 1.98. The number of halogens is 5. The average Bonchev–Trinajstić information content (AvgIpc) is 0. The van der Waals surface area contributed by atoms with Crippen LogP contribution >= 0.6 is 0 Å². The first-order valence-corrected chi connectivity index (χ1v) is 0. The Morgan fingerprint density at radius 2 is 0.500 bits per heavy atom. The molecule has 0 N–H and O–H groups in total. The molecule has 0 heterocycles. The summed E-state index contributed by atoms with van der Waals surface area (Å²) in [5, 5.41) is 0. The molecule has 0 rings (SSSR count). The Kier molecular flexibility index (Phi) is 1050. The molecule has 0 fully saturated rings. The Bertz CT molecular complexity index is 3.90. The number of rotatable bonds is 0. The van der Waals surface area contributed by atoms with Crippen molar-refractivity contribution in [3.63, 3.8) is 0 Å². The van der Waals surface area contributed by atoms with E-state index < -0.39 is 0 Å². The van der Waals surface area contributed by atoms with E-state index in [1.54, 1.807) is 0 Å². The predicted molar refractivity (Wildman–Crippen MR) is 2.79 cm³/mol. The van der Waals surface area contributed by atoms with Crippen LogP contribution in [0.4, 0.5) is 0 Å². The van der Waals surface area contributed by atoms with Crippen LogP contribution in [-0.4, -0.2) is 0 Å². The number of hydrogen-bond donors (Lipinski definition) is 0. The van der Waals surface area contributed by atoms with Crippen LogP contribution < -0.4 is 49.6 Å². The van der Waals surface area contributed by atoms with Crippen molar-refractivity contribution in [3.05, 3.63) is 0 Å². The molecule has 0 bridgehead atoms. The van der Waals surface area contributed by atoms with Crippen molar-refractivity contribution in [2.45, 2.75) is 0 Å². The summed E-state index contributed by atoms with van der Waals surface area (Å²) >= 11 is 0. The van der Waals surface area contributed by atoms with Gasteiger partial charge in [-0.3, -0.25) is 0 Å². The van der Waals surface area contributed by atoms with E-state index in [4.69, 9.17) is 0 Å². The maximum atomic E-state index is 0. The molecule has 0 saturated heterocycles. The summed E-state index contributed by atoms with van der Waals surface area (Å²) in [4.78, 5) is 0. The van der Waals surface area contributed by atoms with Crippen molar-refractivity contribution >= 4 is 0 Å². The van der Waals surface area contributed by atoms with E-state index in [1.165, 1.54) is 0 Å². The molecule has 0 nitrogen and oxygen atoms in total. The van der Waals surface area contributed by atoms with Crippen molar-refractivity contribution in [3.8, 4) is 0 Å². The average molecular weight is 231 g/mol. The summed E-state index contributed by atoms with van der Waals surface area (Å²) in [6, 6.07) is 0. The van der Waals surface area contributed by atoms with E-state index in [1.807, 2.05) is 0 Å². The molecule has 0 unspecified atom stereocenters. The van der Waals surface area contributed by atoms with Gasteiger partial charge < -0.3 is 49.6 Å². The van der Waals surface area contributed by atoms with E-state index in [0.29, 0.717) is 0 Å². The second-order valence-corrected chi connectivity index (χ2v) is 0. The molecular weight excluding hydrogens is 229 g/mol. The quantitative estimate of drug-likeness (QED) is 0.388. The molecule has 0 aromatic heterocycles. The Morgan fingerprint density at radius 1 is 0.500 bits per heavy atom. The third-order valence-corrected chi connectivity index (χ3v) is 0. The molecule has 43 valence electrons. The zero-order valence-electron chi connectivity index (χ0n) is 2.37. The number of hydrogen-bond acceptors (Lipinski definition) is 0. The summed E-state index contributed by atoms with van der Waals surface area (Å²) in [7, 11) is 0. The van der Waals surface area contributed by atoms with E-state index in [-0.39, 0.29) is 79.4 Å². The molecule has 0 aliphatic carbocycles. The van der Waals surface area contributed by atoms with Crippen LogP contribution in [0.1, 0.15) is 0 Å². The molecule has 0 aliphatic heterocycles. The molecule has 0 atom stereocenters. The molecule has 0 aromatic carbocycles. The van der Waals surface area contributed by atoms with Gasteiger partial charge in [-0.2, -0.15) is 0 Å². The fraction of sp³-hybridized carbons (Fsp3) is 0. The Morgan fingerprint density at radius 3 is 0.500 bits per heavy atom. The smallest absolute Gasteiger partial charge is 1.00 e. The standard InChI is InChI=1S/ClH2.4ClH.Cr/h1H2;4*1H;/q+1;;;;;+3/p-4. The van der Waals surface area contributed by atoms with Crippen molar-refractivity contribution in [2.75, 3.05) is 0 Å². The van der Waals surface area contributed by atoms with E-state index >= 15 is 0 Å². The van der Waals surface area contributed by atoms with Crippen LogP contribution in [0, 0.1) is 12.4 Å². The first-order chi connectivity index (χ1) is 0. The summed E-state index contributed by atoms with van der Waals surface area (Å²) in [6.45, 7) is 0. The summed E-state index contributed by atoms with van der Waals surface area (Å²) in [6.07, 6.45) is 0. The summed E-state index contributed by atoms with van der Waals surface area (Å²) in [5.74, 6) is 0. The Labute approximate surface area is 79.0 Å². The molecule has 0 amide bonds. The summed E-state index contributed by atoms with van der Waals surface area (Å²) in [5.41, 5.74) is 0. The van der Waals surface area contributed by atoms with Crippen LogP contribution in [0.25, 0.3) is 0 Å². The van der Waals surface area contributed by atoms with Gasteiger partial charge in [0.2, 0.25) is 0 Å². The van der Waals surface area contributed by atoms with E-state index in [0.717, 1.165) is 0 Å². The van der Waals surface area contributed by atoms with Gasteiger partial charge in [0.15, 0.2) is 0 Å². The maximum Gasteiger partial charge on any atom is 3.00 e. The fourth-order valence-corrected chi connectivity index (χ4v) is 0. The van der Waals surface area contributed by atoms with E-state index in [2.05, 4.69) is 0 Å². The van der Waals surface area contributed by atoms with Crippen molar-refractivity contribution in [1.29, 1.82) is 0 Å². The minimum atomic E-state index is 0. The molecular formula is H2Cl5Cr. The largest absolute Gasteiger partial charge is 3.00 e. The van der Waals surface area contributed by atoms with Gasteiger partial charge in [-0.1, -0.05) is 0 Å². The monoisotopic (exact) mass is 229 g/mol. The minimum absolute atomic E-state index is 0. The molecule has 0 spiro atoms. The van der Waals surface area contributed by atoms with Crippen molar-refractivity contribution in [1.82, 2.24) is 0 Å².